The lowest BCUT2D eigenvalue weighted by Gasteiger charge is -2.08. The third-order valence-electron chi connectivity index (χ3n) is 3.68. The van der Waals surface area contributed by atoms with Gasteiger partial charge in [0.2, 0.25) is 0 Å². The van der Waals surface area contributed by atoms with Gasteiger partial charge in [0, 0.05) is 6.07 Å². The minimum absolute atomic E-state index is 0.314. The van der Waals surface area contributed by atoms with Gasteiger partial charge in [0.05, 0.1) is 6.61 Å². The molecule has 0 saturated carbocycles. The predicted molar refractivity (Wildman–Crippen MR) is 99.6 cm³/mol. The number of primary amides is 1. The normalized spacial score (nSPS) is 10.4. The van der Waals surface area contributed by atoms with Gasteiger partial charge in [0.1, 0.15) is 29.4 Å². The lowest BCUT2D eigenvalue weighted by atomic mass is 10.3. The lowest BCUT2D eigenvalue weighted by Crippen LogP contribution is -2.36. The molecule has 1 heterocycles. The van der Waals surface area contributed by atoms with Crippen LogP contribution in [0.15, 0.2) is 79.1 Å². The Hall–Kier alpha value is -3.38. The number of carbonyl (C=O) groups is 1. The molecule has 0 bridgehead atoms. The summed E-state index contributed by atoms with van der Waals surface area (Å²) in [6, 6.07) is 20.4. The molecule has 0 aliphatic carbocycles. The molecule has 2 N–H and O–H groups in total. The van der Waals surface area contributed by atoms with Crippen LogP contribution in [0.25, 0.3) is 0 Å². The van der Waals surface area contributed by atoms with E-state index in [0.29, 0.717) is 25.5 Å². The van der Waals surface area contributed by atoms with Gasteiger partial charge < -0.3 is 19.9 Å². The first kappa shape index (κ1) is 18.4. The van der Waals surface area contributed by atoms with Gasteiger partial charge in [-0.2, -0.15) is 4.57 Å². The number of nitrogens with zero attached hydrogens (tertiary/aromatic N) is 1. The lowest BCUT2D eigenvalue weighted by molar-refractivity contribution is -0.732. The van der Waals surface area contributed by atoms with Gasteiger partial charge in [-0.1, -0.05) is 18.2 Å². The second-order valence-corrected chi connectivity index (χ2v) is 5.74. The predicted octanol–water partition coefficient (Wildman–Crippen LogP) is 2.92. The van der Waals surface area contributed by atoms with Crippen molar-refractivity contribution < 1.29 is 23.6 Å². The van der Waals surface area contributed by atoms with Crippen LogP contribution < -0.4 is 19.8 Å². The second-order valence-electron chi connectivity index (χ2n) is 5.74. The highest BCUT2D eigenvalue weighted by Crippen LogP contribution is 2.23. The molecular formula is C21H21N2O4+. The fourth-order valence-electron chi connectivity index (χ4n) is 2.36. The molecule has 2 aromatic carbocycles. The Morgan fingerprint density at radius 2 is 1.56 bits per heavy atom. The van der Waals surface area contributed by atoms with Crippen molar-refractivity contribution in [2.45, 2.75) is 6.73 Å². The minimum atomic E-state index is -0.465. The van der Waals surface area contributed by atoms with Crippen molar-refractivity contribution in [2.24, 2.45) is 5.73 Å². The van der Waals surface area contributed by atoms with Crippen molar-refractivity contribution in [3.8, 4) is 17.2 Å². The summed E-state index contributed by atoms with van der Waals surface area (Å²) in [6.07, 6.45) is 3.45. The quantitative estimate of drug-likeness (QED) is 0.467. The van der Waals surface area contributed by atoms with Crippen LogP contribution in [0, 0.1) is 0 Å². The zero-order valence-corrected chi connectivity index (χ0v) is 14.8. The van der Waals surface area contributed by atoms with Crippen molar-refractivity contribution in [2.75, 3.05) is 13.2 Å². The Morgan fingerprint density at radius 3 is 2.30 bits per heavy atom. The first-order valence-corrected chi connectivity index (χ1v) is 8.53. The summed E-state index contributed by atoms with van der Waals surface area (Å²) in [4.78, 5) is 11.2. The van der Waals surface area contributed by atoms with E-state index in [1.54, 1.807) is 29.1 Å². The van der Waals surface area contributed by atoms with Gasteiger partial charge in [-0.3, -0.25) is 4.79 Å². The molecule has 0 spiro atoms. The van der Waals surface area contributed by atoms with Crippen molar-refractivity contribution >= 4 is 5.91 Å². The third kappa shape index (κ3) is 5.83. The van der Waals surface area contributed by atoms with E-state index >= 15 is 0 Å². The number of hydrogen-bond donors (Lipinski definition) is 1. The number of amides is 1. The maximum Gasteiger partial charge on any atom is 0.254 e. The molecule has 6 nitrogen and oxygen atoms in total. The molecule has 0 aliphatic rings. The molecule has 0 saturated heterocycles. The maximum absolute atomic E-state index is 11.2. The fraction of sp³-hybridized carbons (Fsp3) is 0.143. The van der Waals surface area contributed by atoms with Gasteiger partial charge >= 0.3 is 0 Å². The van der Waals surface area contributed by atoms with Crippen LogP contribution >= 0.6 is 0 Å². The fourth-order valence-corrected chi connectivity index (χ4v) is 2.36. The van der Waals surface area contributed by atoms with Crippen LogP contribution in [0.1, 0.15) is 10.4 Å². The largest absolute Gasteiger partial charge is 0.491 e. The summed E-state index contributed by atoms with van der Waals surface area (Å²) >= 11 is 0. The number of benzene rings is 2. The summed E-state index contributed by atoms with van der Waals surface area (Å²) in [5.74, 6) is 1.81. The van der Waals surface area contributed by atoms with Gasteiger partial charge in [-0.25, -0.2) is 0 Å². The van der Waals surface area contributed by atoms with E-state index in [-0.39, 0.29) is 0 Å². The molecule has 0 fully saturated rings. The molecule has 138 valence electrons. The summed E-state index contributed by atoms with van der Waals surface area (Å²) < 4.78 is 18.7. The second kappa shape index (κ2) is 9.35. The van der Waals surface area contributed by atoms with E-state index in [0.717, 1.165) is 17.2 Å². The highest BCUT2D eigenvalue weighted by molar-refractivity contribution is 5.92. The Labute approximate surface area is 157 Å². The Morgan fingerprint density at radius 1 is 0.852 bits per heavy atom. The van der Waals surface area contributed by atoms with Gasteiger partial charge in [0.15, 0.2) is 12.4 Å². The number of aromatic nitrogens is 1. The standard InChI is InChI=1S/C21H20N2O4/c22-21(24)17-5-4-12-23(15-17)16-25-13-14-26-18-8-10-20(11-9-18)27-19-6-2-1-3-7-19/h1-12,15H,13-14,16H2,(H-,22,24)/p+1. The topological polar surface area (TPSA) is 74.7 Å². The van der Waals surface area contributed by atoms with E-state index in [1.807, 2.05) is 54.6 Å². The number of pyridine rings is 1. The molecule has 3 aromatic rings. The molecule has 0 radical (unpaired) electrons. The number of carbonyl (C=O) groups excluding carboxylic acids is 1. The average Bonchev–Trinajstić information content (AvgIpc) is 2.70. The Balaban J connectivity index is 1.39. The van der Waals surface area contributed by atoms with Crippen LogP contribution in [0.5, 0.6) is 17.2 Å². The molecule has 0 atom stereocenters. The molecule has 6 heteroatoms. The first-order valence-electron chi connectivity index (χ1n) is 8.53. The summed E-state index contributed by atoms with van der Waals surface area (Å²) in [7, 11) is 0. The monoisotopic (exact) mass is 365 g/mol. The van der Waals surface area contributed by atoms with Crippen molar-refractivity contribution in [1.29, 1.82) is 0 Å². The number of ether oxygens (including phenoxy) is 3. The van der Waals surface area contributed by atoms with E-state index < -0.39 is 5.91 Å². The smallest absolute Gasteiger partial charge is 0.254 e. The first-order chi connectivity index (χ1) is 13.2. The van der Waals surface area contributed by atoms with Crippen LogP contribution in [0.2, 0.25) is 0 Å². The third-order valence-corrected chi connectivity index (χ3v) is 3.68. The van der Waals surface area contributed by atoms with E-state index in [2.05, 4.69) is 0 Å². The summed E-state index contributed by atoms with van der Waals surface area (Å²) in [5.41, 5.74) is 5.70. The molecule has 27 heavy (non-hydrogen) atoms. The van der Waals surface area contributed by atoms with E-state index in [9.17, 15) is 4.79 Å². The SMILES string of the molecule is NC(=O)c1ccc[n+](COCCOc2ccc(Oc3ccccc3)cc2)c1. The van der Waals surface area contributed by atoms with Crippen molar-refractivity contribution in [1.82, 2.24) is 0 Å². The molecule has 0 aliphatic heterocycles. The van der Waals surface area contributed by atoms with Crippen LogP contribution in [-0.4, -0.2) is 19.1 Å². The van der Waals surface area contributed by atoms with Crippen LogP contribution in [0.4, 0.5) is 0 Å². The van der Waals surface area contributed by atoms with Crippen molar-refractivity contribution in [3.63, 3.8) is 0 Å². The zero-order chi connectivity index (χ0) is 18.9. The average molecular weight is 365 g/mol. The highest BCUT2D eigenvalue weighted by Gasteiger charge is 2.07. The minimum Gasteiger partial charge on any atom is -0.491 e. The van der Waals surface area contributed by atoms with Gasteiger partial charge in [0.25, 0.3) is 12.6 Å². The van der Waals surface area contributed by atoms with Gasteiger partial charge in [-0.15, -0.1) is 0 Å². The Kier molecular flexibility index (Phi) is 6.38. The van der Waals surface area contributed by atoms with E-state index in [4.69, 9.17) is 19.9 Å². The molecule has 3 rings (SSSR count). The van der Waals surface area contributed by atoms with Crippen LogP contribution in [-0.2, 0) is 11.5 Å². The van der Waals surface area contributed by atoms with Crippen molar-refractivity contribution in [3.05, 3.63) is 84.7 Å². The summed E-state index contributed by atoms with van der Waals surface area (Å²) in [6.45, 7) is 1.14. The molecule has 1 aromatic heterocycles. The molecule has 0 unspecified atom stereocenters. The van der Waals surface area contributed by atoms with Gasteiger partial charge in [-0.05, 0) is 42.5 Å². The number of rotatable bonds is 9. The Bertz CT molecular complexity index is 867. The zero-order valence-electron chi connectivity index (χ0n) is 14.8. The van der Waals surface area contributed by atoms with Crippen LogP contribution in [0.3, 0.4) is 0 Å². The number of hydrogen-bond acceptors (Lipinski definition) is 4. The number of para-hydroxylation sites is 1. The molecule has 1 amide bonds. The maximum atomic E-state index is 11.2. The number of nitrogens with two attached hydrogens (primary N) is 1. The highest BCUT2D eigenvalue weighted by atomic mass is 16.5. The summed E-state index contributed by atoms with van der Waals surface area (Å²) in [5, 5.41) is 0. The van der Waals surface area contributed by atoms with E-state index in [1.165, 1.54) is 0 Å². The molecular weight excluding hydrogens is 344 g/mol.